The summed E-state index contributed by atoms with van der Waals surface area (Å²) in [6, 6.07) is 16.5. The molecule has 4 heteroatoms. The molecule has 0 unspecified atom stereocenters. The molecule has 0 aromatic heterocycles. The molecule has 4 nitrogen and oxygen atoms in total. The van der Waals surface area contributed by atoms with Crippen molar-refractivity contribution in [2.24, 2.45) is 0 Å². The van der Waals surface area contributed by atoms with E-state index in [1.54, 1.807) is 0 Å². The maximum Gasteiger partial charge on any atom is 0.263 e. The Morgan fingerprint density at radius 2 is 1.73 bits per heavy atom. The molecule has 2 aromatic carbocycles. The second kappa shape index (κ2) is 8.37. The van der Waals surface area contributed by atoms with Gasteiger partial charge in [-0.25, -0.2) is 0 Å². The highest BCUT2D eigenvalue weighted by Gasteiger charge is 2.26. The highest BCUT2D eigenvalue weighted by molar-refractivity contribution is 5.81. The summed E-state index contributed by atoms with van der Waals surface area (Å²) < 4.78 is 5.93. The van der Waals surface area contributed by atoms with E-state index in [9.17, 15) is 4.79 Å². The van der Waals surface area contributed by atoms with Crippen molar-refractivity contribution in [1.82, 2.24) is 9.80 Å². The zero-order valence-electron chi connectivity index (χ0n) is 15.9. The number of amides is 1. The standard InChI is InChI=1S/C22H28N2O2/c1-17-9-10-21(18(2)15-17)26-19(3)22(25)24-13-11-23(12-14-24)16-20-7-5-4-6-8-20/h4-10,15,19H,11-14,16H2,1-3H3/t19-/m0/s1. The summed E-state index contributed by atoms with van der Waals surface area (Å²) in [5.41, 5.74) is 3.58. The third-order valence-corrected chi connectivity index (χ3v) is 4.91. The van der Waals surface area contributed by atoms with E-state index in [1.807, 2.05) is 36.9 Å². The molecule has 0 N–H and O–H groups in total. The van der Waals surface area contributed by atoms with E-state index in [-0.39, 0.29) is 5.91 Å². The van der Waals surface area contributed by atoms with E-state index < -0.39 is 6.10 Å². The van der Waals surface area contributed by atoms with Gasteiger partial charge >= 0.3 is 0 Å². The quantitative estimate of drug-likeness (QED) is 0.827. The van der Waals surface area contributed by atoms with Crippen molar-refractivity contribution in [1.29, 1.82) is 0 Å². The van der Waals surface area contributed by atoms with Crippen molar-refractivity contribution in [2.75, 3.05) is 26.2 Å². The van der Waals surface area contributed by atoms with Gasteiger partial charge in [-0.3, -0.25) is 9.69 Å². The summed E-state index contributed by atoms with van der Waals surface area (Å²) in [5, 5.41) is 0. The molecular formula is C22H28N2O2. The average Bonchev–Trinajstić information content (AvgIpc) is 2.65. The van der Waals surface area contributed by atoms with Crippen molar-refractivity contribution in [3.8, 4) is 5.75 Å². The predicted molar refractivity (Wildman–Crippen MR) is 104 cm³/mol. The first-order valence-electron chi connectivity index (χ1n) is 9.32. The van der Waals surface area contributed by atoms with Gasteiger partial charge in [-0.15, -0.1) is 0 Å². The Morgan fingerprint density at radius 1 is 1.04 bits per heavy atom. The van der Waals surface area contributed by atoms with Crippen LogP contribution in [0.1, 0.15) is 23.6 Å². The number of carbonyl (C=O) groups is 1. The number of aryl methyl sites for hydroxylation is 2. The Labute approximate surface area is 156 Å². The maximum absolute atomic E-state index is 12.7. The summed E-state index contributed by atoms with van der Waals surface area (Å²) in [4.78, 5) is 17.1. The van der Waals surface area contributed by atoms with Crippen LogP contribution < -0.4 is 4.74 Å². The minimum absolute atomic E-state index is 0.0735. The molecule has 1 amide bonds. The van der Waals surface area contributed by atoms with Gasteiger partial charge in [0.15, 0.2) is 6.10 Å². The number of hydrogen-bond donors (Lipinski definition) is 0. The molecule has 1 saturated heterocycles. The van der Waals surface area contributed by atoms with Gasteiger partial charge in [0.2, 0.25) is 0 Å². The normalized spacial score (nSPS) is 16.3. The van der Waals surface area contributed by atoms with E-state index in [2.05, 4.69) is 42.2 Å². The minimum Gasteiger partial charge on any atom is -0.481 e. The van der Waals surface area contributed by atoms with Gasteiger partial charge in [0, 0.05) is 32.7 Å². The fraction of sp³-hybridized carbons (Fsp3) is 0.409. The molecular weight excluding hydrogens is 324 g/mol. The van der Waals surface area contributed by atoms with Crippen molar-refractivity contribution in [2.45, 2.75) is 33.4 Å². The first-order chi connectivity index (χ1) is 12.5. The minimum atomic E-state index is -0.461. The zero-order valence-corrected chi connectivity index (χ0v) is 15.9. The van der Waals surface area contributed by atoms with Crippen LogP contribution in [0.25, 0.3) is 0 Å². The van der Waals surface area contributed by atoms with E-state index >= 15 is 0 Å². The Balaban J connectivity index is 1.51. The molecule has 0 saturated carbocycles. The SMILES string of the molecule is Cc1ccc(O[C@@H](C)C(=O)N2CCN(Cc3ccccc3)CC2)c(C)c1. The monoisotopic (exact) mass is 352 g/mol. The predicted octanol–water partition coefficient (Wildman–Crippen LogP) is 3.42. The van der Waals surface area contributed by atoms with Crippen molar-refractivity contribution in [3.63, 3.8) is 0 Å². The number of carbonyl (C=O) groups excluding carboxylic acids is 1. The molecule has 3 rings (SSSR count). The number of piperazine rings is 1. The molecule has 1 atom stereocenters. The Bertz CT molecular complexity index is 737. The molecule has 138 valence electrons. The summed E-state index contributed by atoms with van der Waals surface area (Å²) in [7, 11) is 0. The molecule has 0 radical (unpaired) electrons. The fourth-order valence-corrected chi connectivity index (χ4v) is 3.40. The van der Waals surface area contributed by atoms with Crippen LogP contribution in [0.4, 0.5) is 0 Å². The van der Waals surface area contributed by atoms with Gasteiger partial charge in [0.25, 0.3) is 5.91 Å². The maximum atomic E-state index is 12.7. The van der Waals surface area contributed by atoms with E-state index in [1.165, 1.54) is 11.1 Å². The van der Waals surface area contributed by atoms with Gasteiger partial charge < -0.3 is 9.64 Å². The smallest absolute Gasteiger partial charge is 0.263 e. The van der Waals surface area contributed by atoms with E-state index in [0.29, 0.717) is 0 Å². The Kier molecular flexibility index (Phi) is 5.94. The van der Waals surface area contributed by atoms with Crippen LogP contribution >= 0.6 is 0 Å². The molecule has 1 aliphatic rings. The second-order valence-electron chi connectivity index (χ2n) is 7.12. The molecule has 2 aromatic rings. The average molecular weight is 352 g/mol. The Morgan fingerprint density at radius 3 is 2.38 bits per heavy atom. The number of nitrogens with zero attached hydrogens (tertiary/aromatic N) is 2. The lowest BCUT2D eigenvalue weighted by atomic mass is 10.1. The highest BCUT2D eigenvalue weighted by atomic mass is 16.5. The van der Waals surface area contributed by atoms with E-state index in [0.717, 1.165) is 44.0 Å². The van der Waals surface area contributed by atoms with Crippen molar-refractivity contribution < 1.29 is 9.53 Å². The van der Waals surface area contributed by atoms with Crippen LogP contribution in [0.15, 0.2) is 48.5 Å². The van der Waals surface area contributed by atoms with Crippen LogP contribution in [0.3, 0.4) is 0 Å². The van der Waals surface area contributed by atoms with Crippen LogP contribution in [-0.4, -0.2) is 48.0 Å². The molecule has 1 aliphatic heterocycles. The lowest BCUT2D eigenvalue weighted by Crippen LogP contribution is -2.51. The number of hydrogen-bond acceptors (Lipinski definition) is 3. The van der Waals surface area contributed by atoms with Crippen LogP contribution in [0.5, 0.6) is 5.75 Å². The van der Waals surface area contributed by atoms with Gasteiger partial charge in [-0.05, 0) is 38.0 Å². The number of rotatable bonds is 5. The first kappa shape index (κ1) is 18.5. The second-order valence-corrected chi connectivity index (χ2v) is 7.12. The third-order valence-electron chi connectivity index (χ3n) is 4.91. The molecule has 0 bridgehead atoms. The van der Waals surface area contributed by atoms with Gasteiger partial charge in [-0.1, -0.05) is 48.0 Å². The highest BCUT2D eigenvalue weighted by Crippen LogP contribution is 2.21. The number of benzene rings is 2. The third kappa shape index (κ3) is 4.64. The van der Waals surface area contributed by atoms with Crippen LogP contribution in [-0.2, 0) is 11.3 Å². The van der Waals surface area contributed by atoms with Crippen molar-refractivity contribution in [3.05, 3.63) is 65.2 Å². The summed E-state index contributed by atoms with van der Waals surface area (Å²) in [6.45, 7) is 10.2. The van der Waals surface area contributed by atoms with Gasteiger partial charge in [-0.2, -0.15) is 0 Å². The topological polar surface area (TPSA) is 32.8 Å². The zero-order chi connectivity index (χ0) is 18.5. The van der Waals surface area contributed by atoms with Crippen LogP contribution in [0.2, 0.25) is 0 Å². The van der Waals surface area contributed by atoms with Crippen LogP contribution in [0, 0.1) is 13.8 Å². The summed E-state index contributed by atoms with van der Waals surface area (Å²) >= 11 is 0. The lowest BCUT2D eigenvalue weighted by molar-refractivity contribution is -0.139. The molecule has 26 heavy (non-hydrogen) atoms. The van der Waals surface area contributed by atoms with E-state index in [4.69, 9.17) is 4.74 Å². The Hall–Kier alpha value is -2.33. The molecule has 1 fully saturated rings. The first-order valence-corrected chi connectivity index (χ1v) is 9.32. The molecule has 1 heterocycles. The molecule has 0 spiro atoms. The molecule has 0 aliphatic carbocycles. The number of ether oxygens (including phenoxy) is 1. The van der Waals surface area contributed by atoms with Gasteiger partial charge in [0.05, 0.1) is 0 Å². The summed E-state index contributed by atoms with van der Waals surface area (Å²) in [6.07, 6.45) is -0.461. The van der Waals surface area contributed by atoms with Gasteiger partial charge in [0.1, 0.15) is 5.75 Å². The lowest BCUT2D eigenvalue weighted by Gasteiger charge is -2.36. The van der Waals surface area contributed by atoms with Crippen molar-refractivity contribution >= 4 is 5.91 Å². The summed E-state index contributed by atoms with van der Waals surface area (Å²) in [5.74, 6) is 0.864. The fourth-order valence-electron chi connectivity index (χ4n) is 3.40. The largest absolute Gasteiger partial charge is 0.481 e.